The molecule has 0 bridgehead atoms. The number of hydrogen-bond acceptors (Lipinski definition) is 3. The van der Waals surface area contributed by atoms with Gasteiger partial charge >= 0.3 is 0 Å². The van der Waals surface area contributed by atoms with Gasteiger partial charge in [0, 0.05) is 16.9 Å². The van der Waals surface area contributed by atoms with Crippen LogP contribution in [0.15, 0.2) is 47.4 Å². The van der Waals surface area contributed by atoms with E-state index in [0.717, 1.165) is 17.7 Å². The molecular weight excluding hydrogens is 475 g/mol. The van der Waals surface area contributed by atoms with E-state index in [9.17, 15) is 13.6 Å². The summed E-state index contributed by atoms with van der Waals surface area (Å²) in [6.45, 7) is 18.0. The largest absolute Gasteiger partial charge is 0.325 e. The molecule has 0 amide bonds. The summed E-state index contributed by atoms with van der Waals surface area (Å²) in [5.41, 5.74) is 1.63. The van der Waals surface area contributed by atoms with Crippen molar-refractivity contribution in [3.8, 4) is 0 Å². The Balaban J connectivity index is 0. The number of rotatable bonds is 4. The summed E-state index contributed by atoms with van der Waals surface area (Å²) in [7, 11) is 2.31. The second kappa shape index (κ2) is 19.1. The van der Waals surface area contributed by atoms with Gasteiger partial charge in [0.25, 0.3) is 5.56 Å². The van der Waals surface area contributed by atoms with E-state index in [0.29, 0.717) is 21.6 Å². The van der Waals surface area contributed by atoms with Crippen molar-refractivity contribution in [1.29, 1.82) is 0 Å². The zero-order valence-corrected chi connectivity index (χ0v) is 23.7. The number of hydrogen-bond donors (Lipinski definition) is 1. The van der Waals surface area contributed by atoms with Gasteiger partial charge in [-0.15, -0.1) is 0 Å². The number of halogens is 3. The maximum absolute atomic E-state index is 13.5. The van der Waals surface area contributed by atoms with E-state index in [4.69, 9.17) is 11.6 Å². The van der Waals surface area contributed by atoms with E-state index in [1.54, 1.807) is 22.9 Å². The van der Waals surface area contributed by atoms with Crippen LogP contribution in [0, 0.1) is 18.6 Å². The topological polar surface area (TPSA) is 46.9 Å². The van der Waals surface area contributed by atoms with Crippen LogP contribution in [0.2, 0.25) is 5.02 Å². The minimum absolute atomic E-state index is 0.202. The van der Waals surface area contributed by atoms with Gasteiger partial charge in [-0.1, -0.05) is 88.4 Å². The van der Waals surface area contributed by atoms with Gasteiger partial charge in [-0.3, -0.25) is 4.79 Å². The number of nitrogens with zero attached hydrogens (tertiary/aromatic N) is 2. The molecule has 190 valence electrons. The number of anilines is 2. The average Bonchev–Trinajstić information content (AvgIpc) is 2.87. The normalized spacial score (nSPS) is 8.97. The summed E-state index contributed by atoms with van der Waals surface area (Å²) < 4.78 is 28.3. The molecule has 34 heavy (non-hydrogen) atoms. The van der Waals surface area contributed by atoms with Gasteiger partial charge in [0.05, 0.1) is 11.8 Å². The lowest BCUT2D eigenvalue weighted by atomic mass is 10.2. The van der Waals surface area contributed by atoms with E-state index in [1.165, 1.54) is 6.07 Å². The van der Waals surface area contributed by atoms with Crippen LogP contribution < -0.4 is 16.2 Å². The molecule has 1 atom stereocenters. The third kappa shape index (κ3) is 10.3. The lowest BCUT2D eigenvalue weighted by molar-refractivity contribution is 0.506. The summed E-state index contributed by atoms with van der Waals surface area (Å²) in [6.07, 6.45) is 1.59. The average molecular weight is 514 g/mol. The van der Waals surface area contributed by atoms with Gasteiger partial charge in [0.15, 0.2) is 11.6 Å². The molecule has 1 N–H and O–H groups in total. The lowest BCUT2D eigenvalue weighted by Gasteiger charge is -2.16. The van der Waals surface area contributed by atoms with Gasteiger partial charge in [-0.2, -0.15) is 4.98 Å². The Bertz CT molecular complexity index is 1040. The minimum Gasteiger partial charge on any atom is -0.325 e. The summed E-state index contributed by atoms with van der Waals surface area (Å²) in [4.78, 5) is 16.0. The molecule has 3 aromatic rings. The van der Waals surface area contributed by atoms with Crippen LogP contribution in [0.3, 0.4) is 0 Å². The highest BCUT2D eigenvalue weighted by molar-refractivity contribution is 7.27. The van der Waals surface area contributed by atoms with Crippen LogP contribution in [0.25, 0.3) is 0 Å². The molecule has 4 nitrogen and oxygen atoms in total. The Morgan fingerprint density at radius 1 is 0.971 bits per heavy atom. The van der Waals surface area contributed by atoms with Crippen molar-refractivity contribution in [3.05, 3.63) is 80.7 Å². The molecule has 0 saturated carbocycles. The van der Waals surface area contributed by atoms with Crippen molar-refractivity contribution in [2.24, 2.45) is 0 Å². The van der Waals surface area contributed by atoms with E-state index in [2.05, 4.69) is 19.5 Å². The zero-order chi connectivity index (χ0) is 26.8. The van der Waals surface area contributed by atoms with Crippen molar-refractivity contribution in [2.75, 3.05) is 5.32 Å². The first kappa shape index (κ1) is 33.9. The van der Waals surface area contributed by atoms with Gasteiger partial charge < -0.3 is 9.88 Å². The van der Waals surface area contributed by atoms with Gasteiger partial charge in [-0.25, -0.2) is 8.78 Å². The highest BCUT2D eigenvalue weighted by Crippen LogP contribution is 2.25. The first-order valence-corrected chi connectivity index (χ1v) is 12.6. The van der Waals surface area contributed by atoms with Crippen molar-refractivity contribution < 1.29 is 8.78 Å². The fourth-order valence-corrected chi connectivity index (χ4v) is 2.85. The fourth-order valence-electron chi connectivity index (χ4n) is 2.43. The lowest BCUT2D eigenvalue weighted by Crippen LogP contribution is -2.27. The molecule has 0 aliphatic heterocycles. The third-order valence-electron chi connectivity index (χ3n) is 3.87. The zero-order valence-electron chi connectivity index (χ0n) is 21.8. The summed E-state index contributed by atoms with van der Waals surface area (Å²) in [6, 6.07) is 9.01. The van der Waals surface area contributed by atoms with E-state index < -0.39 is 17.2 Å². The minimum atomic E-state index is -0.928. The number of benzene rings is 2. The Hall–Kier alpha value is -2.30. The first-order valence-electron chi connectivity index (χ1n) is 11.7. The Labute approximate surface area is 211 Å². The van der Waals surface area contributed by atoms with Crippen molar-refractivity contribution in [1.82, 2.24) is 9.55 Å². The van der Waals surface area contributed by atoms with Crippen LogP contribution in [-0.2, 0) is 6.54 Å². The predicted molar refractivity (Wildman–Crippen MR) is 148 cm³/mol. The van der Waals surface area contributed by atoms with Gasteiger partial charge in [0.1, 0.15) is 0 Å². The molecule has 1 unspecified atom stereocenters. The molecular formula is C26H39ClF2N3OP. The fraction of sp³-hybridized carbons (Fsp3) is 0.385. The molecule has 2 aromatic carbocycles. The second-order valence-electron chi connectivity index (χ2n) is 5.74. The Morgan fingerprint density at radius 2 is 1.56 bits per heavy atom. The molecule has 1 heterocycles. The van der Waals surface area contributed by atoms with E-state index in [1.807, 2.05) is 68.4 Å². The summed E-state index contributed by atoms with van der Waals surface area (Å²) in [5, 5.41) is 4.02. The molecule has 1 aromatic heterocycles. The molecule has 0 fully saturated rings. The molecule has 0 radical (unpaired) electrons. The highest BCUT2D eigenvalue weighted by Gasteiger charge is 2.11. The Morgan fingerprint density at radius 3 is 2.12 bits per heavy atom. The predicted octanol–water partition coefficient (Wildman–Crippen LogP) is 7.88. The van der Waals surface area contributed by atoms with Crippen LogP contribution in [0.1, 0.15) is 66.5 Å². The first-order chi connectivity index (χ1) is 16.3. The molecule has 0 saturated heterocycles. The Kier molecular flexibility index (Phi) is 19.0. The number of nitrogens with one attached hydrogen (secondary N) is 1. The number of aromatic nitrogens is 2. The molecule has 0 aliphatic rings. The van der Waals surface area contributed by atoms with Crippen molar-refractivity contribution >= 4 is 37.8 Å². The van der Waals surface area contributed by atoms with Crippen LogP contribution >= 0.6 is 20.8 Å². The SMILES string of the molecule is CC.CC.CC.CC.Cc1c(Cl)cccc1Nc1nc(=O)c(P)cn1Cc1ccc(F)c(F)c1. The third-order valence-corrected chi connectivity index (χ3v) is 4.68. The second-order valence-corrected chi connectivity index (χ2v) is 6.77. The smallest absolute Gasteiger partial charge is 0.281 e. The molecule has 0 spiro atoms. The molecule has 3 rings (SSSR count). The van der Waals surface area contributed by atoms with E-state index >= 15 is 0 Å². The van der Waals surface area contributed by atoms with Crippen LogP contribution in [0.5, 0.6) is 0 Å². The molecule has 8 heteroatoms. The van der Waals surface area contributed by atoms with Crippen molar-refractivity contribution in [3.63, 3.8) is 0 Å². The molecule has 0 aliphatic carbocycles. The van der Waals surface area contributed by atoms with Crippen LogP contribution in [0.4, 0.5) is 20.4 Å². The quantitative estimate of drug-likeness (QED) is 0.361. The summed E-state index contributed by atoms with van der Waals surface area (Å²) in [5.74, 6) is -1.56. The maximum atomic E-state index is 13.5. The van der Waals surface area contributed by atoms with Gasteiger partial charge in [-0.05, 0) is 42.3 Å². The summed E-state index contributed by atoms with van der Waals surface area (Å²) >= 11 is 6.13. The van der Waals surface area contributed by atoms with E-state index in [-0.39, 0.29) is 12.5 Å². The monoisotopic (exact) mass is 513 g/mol. The standard InChI is InChI=1S/C18H15ClF2N3OP.4C2H6/c1-10-12(19)3-2-4-15(10)22-18-23-17(25)16(26)9-24(18)8-11-5-6-13(20)14(21)7-11;4*1-2/h2-7,9H,8,26H2,1H3,(H,22,23,25);4*1-2H3. The maximum Gasteiger partial charge on any atom is 0.281 e. The van der Waals surface area contributed by atoms with Crippen LogP contribution in [-0.4, -0.2) is 9.55 Å². The van der Waals surface area contributed by atoms with Crippen molar-refractivity contribution in [2.45, 2.75) is 68.9 Å². The highest BCUT2D eigenvalue weighted by atomic mass is 35.5. The van der Waals surface area contributed by atoms with Gasteiger partial charge in [0.2, 0.25) is 5.95 Å².